The molecular weight excluding hydrogens is 204 g/mol. The van der Waals surface area contributed by atoms with Crippen molar-refractivity contribution in [2.75, 3.05) is 25.1 Å². The Bertz CT molecular complexity index is 335. The molecule has 16 heavy (non-hydrogen) atoms. The standard InChI is InChI=1S/C12H18N2O2/c1-10(15)14(9-3-8-13)11-4-6-12(16-2)7-5-11/h4-7H,3,8-9,13H2,1-2H3. The number of carbonyl (C=O) groups excluding carboxylic acids is 1. The zero-order chi connectivity index (χ0) is 12.0. The number of carbonyl (C=O) groups is 1. The van der Waals surface area contributed by atoms with Gasteiger partial charge in [0.05, 0.1) is 7.11 Å². The molecule has 4 heteroatoms. The van der Waals surface area contributed by atoms with Gasteiger partial charge in [-0.2, -0.15) is 0 Å². The van der Waals surface area contributed by atoms with Crippen molar-refractivity contribution in [2.24, 2.45) is 5.73 Å². The van der Waals surface area contributed by atoms with Gasteiger partial charge in [-0.3, -0.25) is 4.79 Å². The van der Waals surface area contributed by atoms with Gasteiger partial charge in [0.25, 0.3) is 0 Å². The second-order valence-corrected chi connectivity index (χ2v) is 3.51. The van der Waals surface area contributed by atoms with Crippen LogP contribution < -0.4 is 15.4 Å². The molecule has 1 amide bonds. The number of anilines is 1. The molecule has 0 aliphatic carbocycles. The Morgan fingerprint density at radius 1 is 1.38 bits per heavy atom. The third kappa shape index (κ3) is 3.24. The summed E-state index contributed by atoms with van der Waals surface area (Å²) in [7, 11) is 1.62. The predicted octanol–water partition coefficient (Wildman–Crippen LogP) is 1.40. The highest BCUT2D eigenvalue weighted by molar-refractivity contribution is 5.91. The number of nitrogens with two attached hydrogens (primary N) is 1. The highest BCUT2D eigenvalue weighted by Crippen LogP contribution is 2.19. The van der Waals surface area contributed by atoms with E-state index in [2.05, 4.69) is 0 Å². The Morgan fingerprint density at radius 3 is 2.44 bits per heavy atom. The summed E-state index contributed by atoms with van der Waals surface area (Å²) in [4.78, 5) is 13.2. The van der Waals surface area contributed by atoms with Crippen molar-refractivity contribution in [3.05, 3.63) is 24.3 Å². The minimum absolute atomic E-state index is 0.0265. The van der Waals surface area contributed by atoms with Gasteiger partial charge in [0.1, 0.15) is 5.75 Å². The summed E-state index contributed by atoms with van der Waals surface area (Å²) in [6.45, 7) is 2.79. The fourth-order valence-corrected chi connectivity index (χ4v) is 1.48. The number of amides is 1. The Balaban J connectivity index is 2.79. The van der Waals surface area contributed by atoms with Crippen LogP contribution in [0.1, 0.15) is 13.3 Å². The van der Waals surface area contributed by atoms with Crippen LogP contribution in [0.4, 0.5) is 5.69 Å². The molecule has 0 bridgehead atoms. The number of ether oxygens (including phenoxy) is 1. The van der Waals surface area contributed by atoms with Crippen LogP contribution in [0, 0.1) is 0 Å². The maximum Gasteiger partial charge on any atom is 0.223 e. The molecule has 1 rings (SSSR count). The van der Waals surface area contributed by atoms with Crippen LogP contribution in [0.25, 0.3) is 0 Å². The third-order valence-corrected chi connectivity index (χ3v) is 2.35. The molecule has 0 saturated carbocycles. The molecule has 0 atom stereocenters. The van der Waals surface area contributed by atoms with Crippen molar-refractivity contribution in [1.29, 1.82) is 0 Å². The van der Waals surface area contributed by atoms with Gasteiger partial charge in [-0.25, -0.2) is 0 Å². The van der Waals surface area contributed by atoms with E-state index in [1.54, 1.807) is 18.9 Å². The monoisotopic (exact) mass is 222 g/mol. The number of hydrogen-bond donors (Lipinski definition) is 1. The Kier molecular flexibility index (Phi) is 4.79. The van der Waals surface area contributed by atoms with Gasteiger partial charge in [-0.05, 0) is 37.2 Å². The lowest BCUT2D eigenvalue weighted by atomic mass is 10.2. The first-order chi connectivity index (χ1) is 7.69. The van der Waals surface area contributed by atoms with Gasteiger partial charge in [0.15, 0.2) is 0 Å². The molecule has 0 radical (unpaired) electrons. The van der Waals surface area contributed by atoms with E-state index in [0.717, 1.165) is 17.9 Å². The molecule has 1 aromatic carbocycles. The summed E-state index contributed by atoms with van der Waals surface area (Å²) in [6.07, 6.45) is 0.797. The van der Waals surface area contributed by atoms with Gasteiger partial charge in [0, 0.05) is 19.2 Å². The molecule has 4 nitrogen and oxygen atoms in total. The quantitative estimate of drug-likeness (QED) is 0.819. The highest BCUT2D eigenvalue weighted by Gasteiger charge is 2.10. The first-order valence-electron chi connectivity index (χ1n) is 5.31. The summed E-state index contributed by atoms with van der Waals surface area (Å²) in [5, 5.41) is 0. The molecular formula is C12H18N2O2. The van der Waals surface area contributed by atoms with E-state index in [1.807, 2.05) is 24.3 Å². The Morgan fingerprint density at radius 2 is 2.00 bits per heavy atom. The Labute approximate surface area is 96.0 Å². The number of nitrogens with zero attached hydrogens (tertiary/aromatic N) is 1. The zero-order valence-corrected chi connectivity index (χ0v) is 9.77. The molecule has 0 unspecified atom stereocenters. The smallest absolute Gasteiger partial charge is 0.223 e. The molecule has 88 valence electrons. The summed E-state index contributed by atoms with van der Waals surface area (Å²) >= 11 is 0. The largest absolute Gasteiger partial charge is 0.497 e. The fraction of sp³-hybridized carbons (Fsp3) is 0.417. The van der Waals surface area contributed by atoms with Gasteiger partial charge in [-0.1, -0.05) is 0 Å². The van der Waals surface area contributed by atoms with Crippen molar-refractivity contribution in [2.45, 2.75) is 13.3 Å². The third-order valence-electron chi connectivity index (χ3n) is 2.35. The summed E-state index contributed by atoms with van der Waals surface area (Å²) < 4.78 is 5.07. The van der Waals surface area contributed by atoms with E-state index < -0.39 is 0 Å². The first-order valence-corrected chi connectivity index (χ1v) is 5.31. The van der Waals surface area contributed by atoms with Crippen LogP contribution >= 0.6 is 0 Å². The Hall–Kier alpha value is -1.55. The number of methoxy groups -OCH3 is 1. The first kappa shape index (κ1) is 12.5. The number of benzene rings is 1. The van der Waals surface area contributed by atoms with E-state index in [-0.39, 0.29) is 5.91 Å². The molecule has 0 saturated heterocycles. The maximum atomic E-state index is 11.5. The fourth-order valence-electron chi connectivity index (χ4n) is 1.48. The van der Waals surface area contributed by atoms with Crippen LogP contribution in [0.5, 0.6) is 5.75 Å². The van der Waals surface area contributed by atoms with Crippen LogP contribution in [0.15, 0.2) is 24.3 Å². The van der Waals surface area contributed by atoms with E-state index in [1.165, 1.54) is 0 Å². The molecule has 2 N–H and O–H groups in total. The van der Waals surface area contributed by atoms with Crippen LogP contribution in [-0.2, 0) is 4.79 Å². The predicted molar refractivity (Wildman–Crippen MR) is 64.7 cm³/mol. The van der Waals surface area contributed by atoms with Gasteiger partial charge < -0.3 is 15.4 Å². The molecule has 0 aromatic heterocycles. The topological polar surface area (TPSA) is 55.6 Å². The average molecular weight is 222 g/mol. The molecule has 0 aliphatic heterocycles. The van der Waals surface area contributed by atoms with Crippen LogP contribution in [0.3, 0.4) is 0 Å². The van der Waals surface area contributed by atoms with Gasteiger partial charge in [0.2, 0.25) is 5.91 Å². The number of hydrogen-bond acceptors (Lipinski definition) is 3. The lowest BCUT2D eigenvalue weighted by molar-refractivity contribution is -0.116. The average Bonchev–Trinajstić information content (AvgIpc) is 2.30. The molecule has 0 heterocycles. The summed E-state index contributed by atoms with van der Waals surface area (Å²) in [5.74, 6) is 0.810. The zero-order valence-electron chi connectivity index (χ0n) is 9.77. The summed E-state index contributed by atoms with van der Waals surface area (Å²) in [6, 6.07) is 7.43. The van der Waals surface area contributed by atoms with E-state index in [0.29, 0.717) is 13.1 Å². The number of rotatable bonds is 5. The molecule has 1 aromatic rings. The minimum Gasteiger partial charge on any atom is -0.497 e. The second kappa shape index (κ2) is 6.12. The van der Waals surface area contributed by atoms with E-state index in [9.17, 15) is 4.79 Å². The van der Waals surface area contributed by atoms with Gasteiger partial charge in [-0.15, -0.1) is 0 Å². The molecule has 0 fully saturated rings. The van der Waals surface area contributed by atoms with Crippen molar-refractivity contribution in [3.63, 3.8) is 0 Å². The van der Waals surface area contributed by atoms with Crippen molar-refractivity contribution in [1.82, 2.24) is 0 Å². The van der Waals surface area contributed by atoms with E-state index in [4.69, 9.17) is 10.5 Å². The second-order valence-electron chi connectivity index (χ2n) is 3.51. The van der Waals surface area contributed by atoms with Crippen molar-refractivity contribution < 1.29 is 9.53 Å². The lowest BCUT2D eigenvalue weighted by Gasteiger charge is -2.21. The molecule has 0 aliphatic rings. The highest BCUT2D eigenvalue weighted by atomic mass is 16.5. The SMILES string of the molecule is COc1ccc(N(CCCN)C(C)=O)cc1. The van der Waals surface area contributed by atoms with Crippen molar-refractivity contribution >= 4 is 11.6 Å². The van der Waals surface area contributed by atoms with Crippen LogP contribution in [0.2, 0.25) is 0 Å². The van der Waals surface area contributed by atoms with Gasteiger partial charge >= 0.3 is 0 Å². The molecule has 0 spiro atoms. The maximum absolute atomic E-state index is 11.5. The van der Waals surface area contributed by atoms with E-state index >= 15 is 0 Å². The summed E-state index contributed by atoms with van der Waals surface area (Å²) in [5.41, 5.74) is 6.32. The van der Waals surface area contributed by atoms with Crippen LogP contribution in [-0.4, -0.2) is 26.1 Å². The lowest BCUT2D eigenvalue weighted by Crippen LogP contribution is -2.30. The normalized spacial score (nSPS) is 9.94. The van der Waals surface area contributed by atoms with Crippen molar-refractivity contribution in [3.8, 4) is 5.75 Å². The minimum atomic E-state index is 0.0265.